The molecule has 8 heteroatoms. The van der Waals surface area contributed by atoms with E-state index in [1.54, 1.807) is 6.20 Å². The molecule has 0 N–H and O–H groups in total. The first kappa shape index (κ1) is 30.2. The molecule has 9 aromatic rings. The van der Waals surface area contributed by atoms with Crippen molar-refractivity contribution >= 4 is 54.8 Å². The van der Waals surface area contributed by atoms with Crippen molar-refractivity contribution in [3.63, 3.8) is 0 Å². The first-order valence-electron chi connectivity index (χ1n) is 15.9. The summed E-state index contributed by atoms with van der Waals surface area (Å²) in [5, 5.41) is 5.94. The van der Waals surface area contributed by atoms with Crippen LogP contribution in [0.4, 0.5) is 0 Å². The molecule has 0 radical (unpaired) electrons. The Morgan fingerprint density at radius 2 is 1.23 bits per heavy atom. The minimum Gasteiger partial charge on any atom is -0.497 e. The van der Waals surface area contributed by atoms with Gasteiger partial charge in [0.1, 0.15) is 5.65 Å². The predicted molar refractivity (Wildman–Crippen MR) is 187 cm³/mol. The fraction of sp³-hybridized carbons (Fsp3) is 0.150. The molecule has 0 aliphatic heterocycles. The van der Waals surface area contributed by atoms with Crippen LogP contribution < -0.4 is 4.74 Å². The van der Waals surface area contributed by atoms with Crippen LogP contribution in [-0.2, 0) is 21.1 Å². The van der Waals surface area contributed by atoms with Crippen LogP contribution in [0.5, 0.6) is 11.5 Å². The first-order valence-corrected chi connectivity index (χ1v) is 15.9. The summed E-state index contributed by atoms with van der Waals surface area (Å²) in [6.45, 7) is 8.98. The molecule has 3 aromatic carbocycles. The van der Waals surface area contributed by atoms with Gasteiger partial charge in [0.05, 0.1) is 22.5 Å². The van der Waals surface area contributed by atoms with Crippen molar-refractivity contribution in [2.45, 2.75) is 39.5 Å². The normalized spacial score (nSPS) is 12.0. The fourth-order valence-electron chi connectivity index (χ4n) is 6.96. The average Bonchev–Trinajstić information content (AvgIpc) is 3.79. The van der Waals surface area contributed by atoms with Gasteiger partial charge in [-0.3, -0.25) is 15.0 Å². The Balaban J connectivity index is 0.00000336. The SMILES string of the molecule is CC(C)c1cccc(C(C)C)c1-c1ccc2c3ccc(Oc4[c-]c5c(cc4)c4ccncc4n4ccnc54)[c-]c3c3nccn3c2n1.[Pt+2]. The van der Waals surface area contributed by atoms with E-state index < -0.39 is 0 Å². The van der Waals surface area contributed by atoms with Crippen molar-refractivity contribution < 1.29 is 25.8 Å². The molecule has 0 spiro atoms. The molecule has 0 aliphatic rings. The van der Waals surface area contributed by atoms with Gasteiger partial charge in [-0.05, 0) is 45.9 Å². The minimum atomic E-state index is 0. The molecule has 0 aliphatic carbocycles. The quantitative estimate of drug-likeness (QED) is 0.128. The molecule has 6 heterocycles. The Morgan fingerprint density at radius 1 is 0.625 bits per heavy atom. The number of hydrogen-bond donors (Lipinski definition) is 0. The largest absolute Gasteiger partial charge is 2.00 e. The molecule has 7 nitrogen and oxygen atoms in total. The van der Waals surface area contributed by atoms with Gasteiger partial charge < -0.3 is 13.5 Å². The molecular weight excluding hydrogens is 776 g/mol. The van der Waals surface area contributed by atoms with Crippen LogP contribution in [-0.4, -0.2) is 28.7 Å². The molecule has 6 aromatic heterocycles. The molecule has 0 atom stereocenters. The molecule has 0 saturated carbocycles. The van der Waals surface area contributed by atoms with E-state index in [4.69, 9.17) is 14.7 Å². The summed E-state index contributed by atoms with van der Waals surface area (Å²) in [6.07, 6.45) is 11.2. The molecule has 0 saturated heterocycles. The van der Waals surface area contributed by atoms with Gasteiger partial charge in [-0.1, -0.05) is 97.8 Å². The molecule has 0 bridgehead atoms. The van der Waals surface area contributed by atoms with Crippen LogP contribution >= 0.6 is 0 Å². The van der Waals surface area contributed by atoms with Crippen LogP contribution in [0, 0.1) is 12.1 Å². The topological polar surface area (TPSA) is 69.6 Å². The Kier molecular flexibility index (Phi) is 7.26. The fourth-order valence-corrected chi connectivity index (χ4v) is 6.96. The van der Waals surface area contributed by atoms with Crippen LogP contribution in [0.1, 0.15) is 50.7 Å². The molecule has 9 rings (SSSR count). The van der Waals surface area contributed by atoms with Gasteiger partial charge in [0, 0.05) is 54.2 Å². The summed E-state index contributed by atoms with van der Waals surface area (Å²) in [5.74, 6) is 1.92. The summed E-state index contributed by atoms with van der Waals surface area (Å²) in [5.41, 5.74) is 8.28. The van der Waals surface area contributed by atoms with Gasteiger partial charge in [-0.15, -0.1) is 12.1 Å². The van der Waals surface area contributed by atoms with Gasteiger partial charge in [-0.25, -0.2) is 4.98 Å². The number of aromatic nitrogens is 6. The van der Waals surface area contributed by atoms with Crippen molar-refractivity contribution in [1.29, 1.82) is 0 Å². The van der Waals surface area contributed by atoms with E-state index in [-0.39, 0.29) is 21.1 Å². The number of ether oxygens (including phenoxy) is 1. The smallest absolute Gasteiger partial charge is 0.497 e. The second kappa shape index (κ2) is 11.5. The van der Waals surface area contributed by atoms with E-state index in [1.807, 2.05) is 53.6 Å². The van der Waals surface area contributed by atoms with E-state index in [1.165, 1.54) is 16.7 Å². The van der Waals surface area contributed by atoms with E-state index in [9.17, 15) is 0 Å². The monoisotopic (exact) mass is 805 g/mol. The minimum absolute atomic E-state index is 0. The Bertz CT molecular complexity index is 2660. The van der Waals surface area contributed by atoms with Gasteiger partial charge in [-0.2, -0.15) is 0 Å². The first-order chi connectivity index (χ1) is 23.0. The van der Waals surface area contributed by atoms with Gasteiger partial charge in [0.25, 0.3) is 0 Å². The molecule has 236 valence electrons. The third-order valence-corrected chi connectivity index (χ3v) is 9.16. The number of pyridine rings is 4. The van der Waals surface area contributed by atoms with Crippen molar-refractivity contribution in [1.82, 2.24) is 28.7 Å². The molecule has 0 unspecified atom stereocenters. The summed E-state index contributed by atoms with van der Waals surface area (Å²) < 4.78 is 10.5. The number of benzene rings is 3. The van der Waals surface area contributed by atoms with E-state index in [0.717, 1.165) is 60.5 Å². The summed E-state index contributed by atoms with van der Waals surface area (Å²) in [7, 11) is 0. The maximum absolute atomic E-state index is 6.40. The molecular formula is C40H30N6OPt. The zero-order valence-electron chi connectivity index (χ0n) is 26.8. The number of imidazole rings is 2. The Morgan fingerprint density at radius 3 is 1.90 bits per heavy atom. The predicted octanol–water partition coefficient (Wildman–Crippen LogP) is 9.69. The van der Waals surface area contributed by atoms with Crippen LogP contribution in [0.3, 0.4) is 0 Å². The van der Waals surface area contributed by atoms with Crippen molar-refractivity contribution in [3.8, 4) is 22.8 Å². The number of fused-ring (bicyclic) bond motifs is 12. The Hall–Kier alpha value is -5.13. The summed E-state index contributed by atoms with van der Waals surface area (Å²) >= 11 is 0. The van der Waals surface area contributed by atoms with Crippen LogP contribution in [0.15, 0.2) is 97.8 Å². The molecule has 48 heavy (non-hydrogen) atoms. The standard InChI is InChI=1S/C40H30N6O.Pt/c1-23(2)27-6-5-7-28(24(3)4)37(27)35-13-12-32-30-11-9-26(21-34(30)39-43-17-19-46(39)40(32)44-35)47-25-8-10-29-31-14-15-41-22-36(31)45-18-16-42-38(45)33(29)20-25;/h5-19,22-24H,1-4H3;/q-2;+2. The Labute approximate surface area is 291 Å². The zero-order valence-corrected chi connectivity index (χ0v) is 29.1. The second-order valence-corrected chi connectivity index (χ2v) is 12.6. The van der Waals surface area contributed by atoms with E-state index in [2.05, 4.69) is 96.7 Å². The van der Waals surface area contributed by atoms with Crippen LogP contribution in [0.2, 0.25) is 0 Å². The summed E-state index contributed by atoms with van der Waals surface area (Å²) in [4.78, 5) is 19.0. The van der Waals surface area contributed by atoms with Crippen molar-refractivity contribution in [3.05, 3.63) is 121 Å². The number of rotatable bonds is 5. The maximum atomic E-state index is 6.40. The zero-order chi connectivity index (χ0) is 31.8. The van der Waals surface area contributed by atoms with Gasteiger partial charge >= 0.3 is 21.1 Å². The maximum Gasteiger partial charge on any atom is 2.00 e. The van der Waals surface area contributed by atoms with Gasteiger partial charge in [0.2, 0.25) is 0 Å². The average molecular weight is 806 g/mol. The van der Waals surface area contributed by atoms with E-state index >= 15 is 0 Å². The number of hydrogen-bond acceptors (Lipinski definition) is 5. The third-order valence-electron chi connectivity index (χ3n) is 9.16. The second-order valence-electron chi connectivity index (χ2n) is 12.6. The molecule has 0 fully saturated rings. The molecule has 0 amide bonds. The van der Waals surface area contributed by atoms with Crippen molar-refractivity contribution in [2.24, 2.45) is 0 Å². The number of nitrogens with zero attached hydrogens (tertiary/aromatic N) is 6. The van der Waals surface area contributed by atoms with Gasteiger partial charge in [0.15, 0.2) is 0 Å². The van der Waals surface area contributed by atoms with E-state index in [0.29, 0.717) is 23.3 Å². The third kappa shape index (κ3) is 4.60. The van der Waals surface area contributed by atoms with Crippen molar-refractivity contribution in [2.75, 3.05) is 0 Å². The summed E-state index contributed by atoms with van der Waals surface area (Å²) in [6, 6.07) is 28.0. The van der Waals surface area contributed by atoms with Crippen LogP contribution in [0.25, 0.3) is 66.0 Å².